The van der Waals surface area contributed by atoms with E-state index in [1.807, 2.05) is 0 Å². The number of carboxylic acid groups (broad SMARTS) is 1. The summed E-state index contributed by atoms with van der Waals surface area (Å²) in [6, 6.07) is 0. The molecule has 0 bridgehead atoms. The Hall–Kier alpha value is -1.32. The number of amides is 1. The lowest BCUT2D eigenvalue weighted by molar-refractivity contribution is -0.141. The summed E-state index contributed by atoms with van der Waals surface area (Å²) in [5.41, 5.74) is 0. The van der Waals surface area contributed by atoms with Crippen LogP contribution in [0.4, 0.5) is 0 Å². The lowest BCUT2D eigenvalue weighted by Gasteiger charge is -2.16. The maximum atomic E-state index is 10.9. The van der Waals surface area contributed by atoms with Crippen molar-refractivity contribution in [3.8, 4) is 0 Å². The molecule has 1 N–H and O–H groups in total. The second-order valence-electron chi connectivity index (χ2n) is 2.92. The van der Waals surface area contributed by atoms with E-state index < -0.39 is 11.9 Å². The third kappa shape index (κ3) is 4.30. The molecule has 0 unspecified atom stereocenters. The first kappa shape index (κ1) is 11.7. The van der Waals surface area contributed by atoms with E-state index in [4.69, 9.17) is 5.11 Å². The van der Waals surface area contributed by atoms with Crippen molar-refractivity contribution in [2.75, 3.05) is 6.54 Å². The number of carboxylic acids is 1. The number of carbonyl (C=O) groups excluding carboxylic acids is 1. The average molecular weight is 185 g/mol. The van der Waals surface area contributed by atoms with Crippen LogP contribution >= 0.6 is 0 Å². The largest absolute Gasteiger partial charge is 0.481 e. The van der Waals surface area contributed by atoms with E-state index in [0.717, 1.165) is 0 Å². The highest BCUT2D eigenvalue weighted by molar-refractivity contribution is 5.74. The molecule has 4 heteroatoms. The highest BCUT2D eigenvalue weighted by atomic mass is 16.4. The van der Waals surface area contributed by atoms with E-state index in [9.17, 15) is 9.59 Å². The second-order valence-corrected chi connectivity index (χ2v) is 2.92. The summed E-state index contributed by atoms with van der Waals surface area (Å²) in [5.74, 6) is -1.39. The van der Waals surface area contributed by atoms with Crippen molar-refractivity contribution in [3.63, 3.8) is 0 Å². The summed E-state index contributed by atoms with van der Waals surface area (Å²) in [6.07, 6.45) is 1.86. The molecule has 74 valence electrons. The van der Waals surface area contributed by atoms with Crippen LogP contribution in [-0.4, -0.2) is 28.4 Å². The minimum absolute atomic E-state index is 0.118. The van der Waals surface area contributed by atoms with Crippen LogP contribution in [0.1, 0.15) is 20.3 Å². The Morgan fingerprint density at radius 3 is 2.46 bits per heavy atom. The predicted octanol–water partition coefficient (Wildman–Crippen LogP) is 1.09. The average Bonchev–Trinajstić information content (AvgIpc) is 2.04. The zero-order chi connectivity index (χ0) is 10.4. The fourth-order valence-corrected chi connectivity index (χ4v) is 0.833. The Bertz CT molecular complexity index is 213. The van der Waals surface area contributed by atoms with Gasteiger partial charge in [-0.3, -0.25) is 9.59 Å². The van der Waals surface area contributed by atoms with Gasteiger partial charge in [0.25, 0.3) is 0 Å². The quantitative estimate of drug-likeness (QED) is 0.697. The van der Waals surface area contributed by atoms with Gasteiger partial charge in [-0.15, -0.1) is 0 Å². The molecular formula is C9H15NO3. The Kier molecular flexibility index (Phi) is 4.80. The minimum atomic E-state index is -0.840. The minimum Gasteiger partial charge on any atom is -0.481 e. The molecule has 4 nitrogen and oxygen atoms in total. The van der Waals surface area contributed by atoms with Gasteiger partial charge in [-0.05, 0) is 12.6 Å². The van der Waals surface area contributed by atoms with Crippen LogP contribution in [0.5, 0.6) is 0 Å². The lowest BCUT2D eigenvalue weighted by atomic mass is 10.1. The first-order chi connectivity index (χ1) is 5.99. The maximum absolute atomic E-state index is 10.9. The summed E-state index contributed by atoms with van der Waals surface area (Å²) < 4.78 is 0. The molecule has 0 radical (unpaired) electrons. The molecule has 0 aliphatic heterocycles. The SMILES string of the molecule is C=CN(CC[C@H](C)C(=O)O)C(C)=O. The monoisotopic (exact) mass is 185 g/mol. The van der Waals surface area contributed by atoms with Crippen LogP contribution in [-0.2, 0) is 9.59 Å². The zero-order valence-electron chi connectivity index (χ0n) is 7.99. The number of carbonyl (C=O) groups is 2. The van der Waals surface area contributed by atoms with E-state index >= 15 is 0 Å². The van der Waals surface area contributed by atoms with Gasteiger partial charge < -0.3 is 10.0 Å². The number of hydrogen-bond acceptors (Lipinski definition) is 2. The fourth-order valence-electron chi connectivity index (χ4n) is 0.833. The Labute approximate surface area is 77.8 Å². The van der Waals surface area contributed by atoms with Crippen molar-refractivity contribution in [1.29, 1.82) is 0 Å². The van der Waals surface area contributed by atoms with E-state index in [1.54, 1.807) is 6.92 Å². The summed E-state index contributed by atoms with van der Waals surface area (Å²) in [7, 11) is 0. The van der Waals surface area contributed by atoms with Crippen LogP contribution in [0.3, 0.4) is 0 Å². The molecule has 1 atom stereocenters. The number of aliphatic carboxylic acids is 1. The molecule has 0 aromatic carbocycles. The molecule has 0 saturated carbocycles. The molecule has 0 spiro atoms. The zero-order valence-corrected chi connectivity index (χ0v) is 7.99. The molecular weight excluding hydrogens is 170 g/mol. The predicted molar refractivity (Wildman–Crippen MR) is 49.0 cm³/mol. The van der Waals surface area contributed by atoms with Crippen LogP contribution < -0.4 is 0 Å². The topological polar surface area (TPSA) is 57.6 Å². The van der Waals surface area contributed by atoms with Crippen molar-refractivity contribution in [2.24, 2.45) is 5.92 Å². The summed E-state index contributed by atoms with van der Waals surface area (Å²) in [5, 5.41) is 8.58. The van der Waals surface area contributed by atoms with Gasteiger partial charge in [0.15, 0.2) is 0 Å². The summed E-state index contributed by atoms with van der Waals surface area (Å²) in [4.78, 5) is 22.7. The maximum Gasteiger partial charge on any atom is 0.306 e. The van der Waals surface area contributed by atoms with Gasteiger partial charge in [0.1, 0.15) is 0 Å². The second kappa shape index (κ2) is 5.35. The number of hydrogen-bond donors (Lipinski definition) is 1. The van der Waals surface area contributed by atoms with E-state index in [-0.39, 0.29) is 5.91 Å². The first-order valence-corrected chi connectivity index (χ1v) is 4.11. The molecule has 0 heterocycles. The van der Waals surface area contributed by atoms with Gasteiger partial charge in [0, 0.05) is 13.5 Å². The van der Waals surface area contributed by atoms with Crippen molar-refractivity contribution in [1.82, 2.24) is 4.90 Å². The van der Waals surface area contributed by atoms with Gasteiger partial charge >= 0.3 is 5.97 Å². The summed E-state index contributed by atoms with van der Waals surface area (Å²) in [6.45, 7) is 6.91. The molecule has 13 heavy (non-hydrogen) atoms. The lowest BCUT2D eigenvalue weighted by Crippen LogP contribution is -2.26. The van der Waals surface area contributed by atoms with Crippen molar-refractivity contribution < 1.29 is 14.7 Å². The molecule has 0 aliphatic rings. The van der Waals surface area contributed by atoms with Gasteiger partial charge in [0.05, 0.1) is 5.92 Å². The molecule has 0 fully saturated rings. The van der Waals surface area contributed by atoms with Gasteiger partial charge in [-0.2, -0.15) is 0 Å². The fraction of sp³-hybridized carbons (Fsp3) is 0.556. The van der Waals surface area contributed by atoms with Gasteiger partial charge in [-0.25, -0.2) is 0 Å². The highest BCUT2D eigenvalue weighted by Gasteiger charge is 2.12. The molecule has 0 aromatic rings. The Morgan fingerprint density at radius 1 is 1.62 bits per heavy atom. The van der Waals surface area contributed by atoms with Gasteiger partial charge in [-0.1, -0.05) is 13.5 Å². The molecule has 0 aromatic heterocycles. The van der Waals surface area contributed by atoms with E-state index in [2.05, 4.69) is 6.58 Å². The molecule has 0 saturated heterocycles. The first-order valence-electron chi connectivity index (χ1n) is 4.11. The highest BCUT2D eigenvalue weighted by Crippen LogP contribution is 2.04. The van der Waals surface area contributed by atoms with Crippen LogP contribution in [0, 0.1) is 5.92 Å². The third-order valence-corrected chi connectivity index (χ3v) is 1.85. The smallest absolute Gasteiger partial charge is 0.306 e. The number of nitrogens with zero attached hydrogens (tertiary/aromatic N) is 1. The van der Waals surface area contributed by atoms with Crippen molar-refractivity contribution in [2.45, 2.75) is 20.3 Å². The van der Waals surface area contributed by atoms with E-state index in [1.165, 1.54) is 18.0 Å². The number of rotatable bonds is 5. The van der Waals surface area contributed by atoms with Crippen molar-refractivity contribution >= 4 is 11.9 Å². The molecule has 0 aliphatic carbocycles. The van der Waals surface area contributed by atoms with E-state index in [0.29, 0.717) is 13.0 Å². The van der Waals surface area contributed by atoms with Crippen molar-refractivity contribution in [3.05, 3.63) is 12.8 Å². The molecule has 0 rings (SSSR count). The molecule has 1 amide bonds. The van der Waals surface area contributed by atoms with Crippen LogP contribution in [0.2, 0.25) is 0 Å². The third-order valence-electron chi connectivity index (χ3n) is 1.85. The van der Waals surface area contributed by atoms with Crippen LogP contribution in [0.15, 0.2) is 12.8 Å². The summed E-state index contributed by atoms with van der Waals surface area (Å²) >= 11 is 0. The normalized spacial score (nSPS) is 11.8. The van der Waals surface area contributed by atoms with Crippen LogP contribution in [0.25, 0.3) is 0 Å². The Balaban J connectivity index is 3.92. The standard InChI is InChI=1S/C9H15NO3/c1-4-10(8(3)11)6-5-7(2)9(12)13/h4,7H,1,5-6H2,2-3H3,(H,12,13)/t7-/m0/s1. The Morgan fingerprint density at radius 2 is 2.15 bits per heavy atom. The van der Waals surface area contributed by atoms with Gasteiger partial charge in [0.2, 0.25) is 5.91 Å².